The van der Waals surface area contributed by atoms with Crippen LogP contribution >= 0.6 is 15.9 Å². The van der Waals surface area contributed by atoms with Gasteiger partial charge in [-0.2, -0.15) is 5.10 Å². The second-order valence-corrected chi connectivity index (χ2v) is 5.74. The summed E-state index contributed by atoms with van der Waals surface area (Å²) in [6.07, 6.45) is 0.828. The minimum atomic E-state index is -0.266. The van der Waals surface area contributed by atoms with Gasteiger partial charge >= 0.3 is 0 Å². The van der Waals surface area contributed by atoms with E-state index in [9.17, 15) is 5.11 Å². The van der Waals surface area contributed by atoms with Gasteiger partial charge in [-0.3, -0.25) is 4.68 Å². The minimum Gasteiger partial charge on any atom is -0.394 e. The van der Waals surface area contributed by atoms with Crippen LogP contribution in [-0.2, 0) is 0 Å². The molecule has 0 fully saturated rings. The lowest BCUT2D eigenvalue weighted by Gasteiger charge is -2.30. The van der Waals surface area contributed by atoms with Gasteiger partial charge in [0.2, 0.25) is 0 Å². The van der Waals surface area contributed by atoms with E-state index in [4.69, 9.17) is 0 Å². The molecule has 0 aliphatic rings. The second kappa shape index (κ2) is 5.50. The number of nitrogens with one attached hydrogen (secondary N) is 1. The van der Waals surface area contributed by atoms with Gasteiger partial charge in [0.25, 0.3) is 0 Å². The Balaban J connectivity index is 2.90. The lowest BCUT2D eigenvalue weighted by atomic mass is 9.95. The normalized spacial score (nSPS) is 16.9. The Hall–Kier alpha value is -0.390. The van der Waals surface area contributed by atoms with E-state index in [2.05, 4.69) is 40.2 Å². The first kappa shape index (κ1) is 14.7. The van der Waals surface area contributed by atoms with Crippen LogP contribution in [0.1, 0.15) is 37.7 Å². The van der Waals surface area contributed by atoms with Crippen LogP contribution in [0.4, 0.5) is 0 Å². The molecule has 4 nitrogen and oxygen atoms in total. The number of aliphatic hydroxyl groups is 1. The highest BCUT2D eigenvalue weighted by molar-refractivity contribution is 9.10. The summed E-state index contributed by atoms with van der Waals surface area (Å²) in [4.78, 5) is 0. The fraction of sp³-hybridized carbons (Fsp3) is 0.750. The van der Waals surface area contributed by atoms with E-state index in [1.54, 1.807) is 0 Å². The number of aryl methyl sites for hydroxylation is 1. The topological polar surface area (TPSA) is 50.1 Å². The lowest BCUT2D eigenvalue weighted by molar-refractivity contribution is 0.156. The van der Waals surface area contributed by atoms with E-state index in [0.29, 0.717) is 0 Å². The van der Waals surface area contributed by atoms with Gasteiger partial charge in [-0.25, -0.2) is 0 Å². The first-order valence-electron chi connectivity index (χ1n) is 5.85. The number of halogens is 1. The van der Waals surface area contributed by atoms with Crippen molar-refractivity contribution in [1.29, 1.82) is 0 Å². The molecule has 2 atom stereocenters. The molecule has 0 spiro atoms. The molecular weight excluding hydrogens is 282 g/mol. The number of aliphatic hydroxyl groups excluding tert-OH is 1. The SMILES string of the molecule is CNC(C)(CO)CC(C)n1nc(C)c(Br)c1C. The smallest absolute Gasteiger partial charge is 0.0738 e. The van der Waals surface area contributed by atoms with Gasteiger partial charge in [-0.05, 0) is 57.1 Å². The minimum absolute atomic E-state index is 0.119. The summed E-state index contributed by atoms with van der Waals surface area (Å²) in [5, 5.41) is 17.1. The molecule has 0 aromatic carbocycles. The molecule has 1 rings (SSSR count). The zero-order valence-electron chi connectivity index (χ0n) is 11.2. The molecule has 0 saturated carbocycles. The van der Waals surface area contributed by atoms with Crippen LogP contribution in [0.2, 0.25) is 0 Å². The third-order valence-electron chi connectivity index (χ3n) is 3.35. The molecule has 1 aromatic rings. The van der Waals surface area contributed by atoms with E-state index in [-0.39, 0.29) is 18.2 Å². The van der Waals surface area contributed by atoms with Crippen molar-refractivity contribution in [3.63, 3.8) is 0 Å². The van der Waals surface area contributed by atoms with Crippen molar-refractivity contribution in [1.82, 2.24) is 15.1 Å². The van der Waals surface area contributed by atoms with E-state index >= 15 is 0 Å². The molecule has 1 heterocycles. The number of hydrogen-bond acceptors (Lipinski definition) is 3. The summed E-state index contributed by atoms with van der Waals surface area (Å²) < 4.78 is 3.09. The zero-order valence-corrected chi connectivity index (χ0v) is 12.8. The van der Waals surface area contributed by atoms with Crippen molar-refractivity contribution in [2.45, 2.75) is 45.7 Å². The van der Waals surface area contributed by atoms with Gasteiger partial charge in [-0.15, -0.1) is 0 Å². The Morgan fingerprint density at radius 2 is 2.12 bits per heavy atom. The molecule has 0 saturated heterocycles. The number of aromatic nitrogens is 2. The van der Waals surface area contributed by atoms with Gasteiger partial charge in [0.15, 0.2) is 0 Å². The van der Waals surface area contributed by atoms with Crippen LogP contribution in [0.25, 0.3) is 0 Å². The molecule has 2 unspecified atom stereocenters. The first-order valence-corrected chi connectivity index (χ1v) is 6.65. The average molecular weight is 304 g/mol. The van der Waals surface area contributed by atoms with Crippen LogP contribution in [-0.4, -0.2) is 34.1 Å². The maximum atomic E-state index is 9.41. The van der Waals surface area contributed by atoms with Crippen molar-refractivity contribution in [2.75, 3.05) is 13.7 Å². The number of hydrogen-bond donors (Lipinski definition) is 2. The second-order valence-electron chi connectivity index (χ2n) is 4.95. The van der Waals surface area contributed by atoms with Crippen LogP contribution in [0.15, 0.2) is 4.47 Å². The summed E-state index contributed by atoms with van der Waals surface area (Å²) in [7, 11) is 1.88. The Bertz CT molecular complexity index is 385. The van der Waals surface area contributed by atoms with Crippen molar-refractivity contribution in [3.8, 4) is 0 Å². The largest absolute Gasteiger partial charge is 0.394 e. The van der Waals surface area contributed by atoms with E-state index in [0.717, 1.165) is 22.3 Å². The first-order chi connectivity index (χ1) is 7.84. The zero-order chi connectivity index (χ0) is 13.2. The molecular formula is C12H22BrN3O. The highest BCUT2D eigenvalue weighted by atomic mass is 79.9. The summed E-state index contributed by atoms with van der Waals surface area (Å²) in [5.74, 6) is 0. The molecule has 0 aliphatic carbocycles. The van der Waals surface area contributed by atoms with Crippen LogP contribution in [0, 0.1) is 13.8 Å². The van der Waals surface area contributed by atoms with Gasteiger partial charge < -0.3 is 10.4 Å². The molecule has 17 heavy (non-hydrogen) atoms. The number of rotatable bonds is 5. The number of nitrogens with zero attached hydrogens (tertiary/aromatic N) is 2. The molecule has 98 valence electrons. The molecule has 0 aliphatic heterocycles. The predicted octanol–water partition coefficient (Wildman–Crippen LogP) is 2.18. The van der Waals surface area contributed by atoms with Crippen molar-refractivity contribution in [2.24, 2.45) is 0 Å². The third-order valence-corrected chi connectivity index (χ3v) is 4.50. The molecule has 0 amide bonds. The molecule has 1 aromatic heterocycles. The fourth-order valence-corrected chi connectivity index (χ4v) is 2.32. The van der Waals surface area contributed by atoms with Gasteiger partial charge in [-0.1, -0.05) is 0 Å². The van der Waals surface area contributed by atoms with Gasteiger partial charge in [0, 0.05) is 5.54 Å². The van der Waals surface area contributed by atoms with Gasteiger partial charge in [0.05, 0.1) is 28.5 Å². The van der Waals surface area contributed by atoms with Crippen molar-refractivity contribution < 1.29 is 5.11 Å². The Kier molecular flexibility index (Phi) is 4.75. The Labute approximate surface area is 112 Å². The lowest BCUT2D eigenvalue weighted by Crippen LogP contribution is -2.45. The average Bonchev–Trinajstić information content (AvgIpc) is 2.57. The number of likely N-dealkylation sites (N-methyl/N-ethyl adjacent to an activating group) is 1. The molecule has 2 N–H and O–H groups in total. The van der Waals surface area contributed by atoms with E-state index in [1.165, 1.54) is 0 Å². The highest BCUT2D eigenvalue weighted by Gasteiger charge is 2.26. The standard InChI is InChI=1S/C12H22BrN3O/c1-8(6-12(4,7-17)14-5)16-10(3)11(13)9(2)15-16/h8,14,17H,6-7H2,1-5H3. The monoisotopic (exact) mass is 303 g/mol. The highest BCUT2D eigenvalue weighted by Crippen LogP contribution is 2.26. The summed E-state index contributed by atoms with van der Waals surface area (Å²) in [6, 6.07) is 0.240. The summed E-state index contributed by atoms with van der Waals surface area (Å²) >= 11 is 3.53. The Morgan fingerprint density at radius 3 is 2.47 bits per heavy atom. The van der Waals surface area contributed by atoms with Gasteiger partial charge in [0.1, 0.15) is 0 Å². The maximum absolute atomic E-state index is 9.41. The van der Waals surface area contributed by atoms with Crippen LogP contribution < -0.4 is 5.32 Å². The molecule has 0 radical (unpaired) electrons. The molecule has 5 heteroatoms. The third kappa shape index (κ3) is 3.09. The fourth-order valence-electron chi connectivity index (χ4n) is 2.06. The summed E-state index contributed by atoms with van der Waals surface area (Å²) in [6.45, 7) is 8.30. The van der Waals surface area contributed by atoms with Crippen LogP contribution in [0.5, 0.6) is 0 Å². The van der Waals surface area contributed by atoms with Crippen molar-refractivity contribution >= 4 is 15.9 Å². The summed E-state index contributed by atoms with van der Waals surface area (Å²) in [5.41, 5.74) is 1.87. The van der Waals surface area contributed by atoms with E-state index in [1.807, 2.05) is 25.6 Å². The van der Waals surface area contributed by atoms with E-state index < -0.39 is 0 Å². The van der Waals surface area contributed by atoms with Crippen LogP contribution in [0.3, 0.4) is 0 Å². The quantitative estimate of drug-likeness (QED) is 0.876. The predicted molar refractivity (Wildman–Crippen MR) is 73.3 cm³/mol. The van der Waals surface area contributed by atoms with Crippen molar-refractivity contribution in [3.05, 3.63) is 15.9 Å². The maximum Gasteiger partial charge on any atom is 0.0738 e. The Morgan fingerprint density at radius 1 is 1.53 bits per heavy atom. The molecule has 0 bridgehead atoms.